The largest absolute Gasteiger partial charge is 0.278 e. The summed E-state index contributed by atoms with van der Waals surface area (Å²) in [5.74, 6) is 1.74. The lowest BCUT2D eigenvalue weighted by molar-refractivity contribution is 0.893. The molecule has 0 spiro atoms. The Hall–Kier alpha value is -6.63. The summed E-state index contributed by atoms with van der Waals surface area (Å²) in [6, 6.07) is 49.0. The lowest BCUT2D eigenvalue weighted by atomic mass is 9.97. The molecule has 10 aromatic rings. The maximum Gasteiger partial charge on any atom is 0.240 e. The zero-order valence-corrected chi connectivity index (χ0v) is 29.2. The van der Waals surface area contributed by atoms with Crippen molar-refractivity contribution in [3.63, 3.8) is 0 Å². The normalized spacial score (nSPS) is 11.9. The van der Waals surface area contributed by atoms with E-state index in [-0.39, 0.29) is 0 Å². The Morgan fingerprint density at radius 3 is 1.60 bits per heavy atom. The van der Waals surface area contributed by atoms with Crippen molar-refractivity contribution in [2.24, 2.45) is 0 Å². The van der Waals surface area contributed by atoms with Crippen LogP contribution in [0.15, 0.2) is 158 Å². The highest BCUT2D eigenvalue weighted by atomic mass is 32.1. The van der Waals surface area contributed by atoms with Gasteiger partial charge in [-0.05, 0) is 66.1 Å². The maximum absolute atomic E-state index is 5.30. The average Bonchev–Trinajstić information content (AvgIpc) is 3.84. The second-order valence-electron chi connectivity index (χ2n) is 12.9. The van der Waals surface area contributed by atoms with Gasteiger partial charge >= 0.3 is 0 Å². The van der Waals surface area contributed by atoms with Crippen molar-refractivity contribution in [2.75, 3.05) is 0 Å². The van der Waals surface area contributed by atoms with E-state index in [1.807, 2.05) is 12.2 Å². The molecular weight excluding hydrogens is 655 g/mol. The van der Waals surface area contributed by atoms with Crippen molar-refractivity contribution >= 4 is 71.1 Å². The van der Waals surface area contributed by atoms with E-state index >= 15 is 0 Å². The second kappa shape index (κ2) is 12.0. The highest BCUT2D eigenvalue weighted by Gasteiger charge is 2.21. The van der Waals surface area contributed by atoms with Crippen LogP contribution in [0.25, 0.3) is 94.2 Å². The number of allylic oxidation sites excluding steroid dienone is 2. The van der Waals surface area contributed by atoms with E-state index in [1.165, 1.54) is 26.1 Å². The van der Waals surface area contributed by atoms with Gasteiger partial charge in [0.25, 0.3) is 0 Å². The fourth-order valence-electron chi connectivity index (χ4n) is 7.66. The molecule has 4 heterocycles. The Bertz CT molecular complexity index is 2830. The second-order valence-corrected chi connectivity index (χ2v) is 14.0. The lowest BCUT2D eigenvalue weighted by Crippen LogP contribution is -2.10. The van der Waals surface area contributed by atoms with Gasteiger partial charge in [0.2, 0.25) is 11.9 Å². The lowest BCUT2D eigenvalue weighted by Gasteiger charge is -2.13. The molecule has 52 heavy (non-hydrogen) atoms. The van der Waals surface area contributed by atoms with Crippen LogP contribution in [0.5, 0.6) is 0 Å². The summed E-state index contributed by atoms with van der Waals surface area (Å²) in [5.41, 5.74) is 8.66. The Balaban J connectivity index is 1.25. The van der Waals surface area contributed by atoms with Gasteiger partial charge in [-0.1, -0.05) is 122 Å². The molecule has 4 aromatic heterocycles. The van der Waals surface area contributed by atoms with Crippen LogP contribution < -0.4 is 0 Å². The Labute approximate surface area is 304 Å². The van der Waals surface area contributed by atoms with Crippen molar-refractivity contribution < 1.29 is 0 Å². The quantitative estimate of drug-likeness (QED) is 0.164. The topological polar surface area (TPSA) is 48.5 Å². The van der Waals surface area contributed by atoms with Crippen LogP contribution in [0.2, 0.25) is 0 Å². The summed E-state index contributed by atoms with van der Waals surface area (Å²) in [7, 11) is 0. The van der Waals surface area contributed by atoms with E-state index in [1.54, 1.807) is 11.3 Å². The number of nitrogens with zero attached hydrogens (tertiary/aromatic N) is 5. The van der Waals surface area contributed by atoms with E-state index in [0.29, 0.717) is 17.7 Å². The molecule has 0 aliphatic heterocycles. The molecule has 6 heteroatoms. The molecular formula is C46H31N5S. The van der Waals surface area contributed by atoms with Crippen LogP contribution in [0.4, 0.5) is 0 Å². The van der Waals surface area contributed by atoms with Crippen molar-refractivity contribution in [1.82, 2.24) is 24.1 Å². The van der Waals surface area contributed by atoms with Crippen molar-refractivity contribution in [1.29, 1.82) is 0 Å². The minimum absolute atomic E-state index is 0.569. The Kier molecular flexibility index (Phi) is 6.98. The maximum atomic E-state index is 5.30. The van der Waals surface area contributed by atoms with E-state index in [9.17, 15) is 0 Å². The molecule has 0 aliphatic rings. The predicted octanol–water partition coefficient (Wildman–Crippen LogP) is 12.1. The van der Waals surface area contributed by atoms with Crippen molar-refractivity contribution in [3.05, 3.63) is 169 Å². The van der Waals surface area contributed by atoms with Gasteiger partial charge in [-0.2, -0.15) is 15.0 Å². The number of hydrogen-bond donors (Lipinski definition) is 0. The summed E-state index contributed by atoms with van der Waals surface area (Å²) in [6.45, 7) is 6.07. The van der Waals surface area contributed by atoms with Gasteiger partial charge in [0.05, 0.1) is 22.1 Å². The fraction of sp³-hybridized carbons (Fsp3) is 0.0217. The molecule has 5 nitrogen and oxygen atoms in total. The van der Waals surface area contributed by atoms with Gasteiger partial charge in [-0.25, -0.2) is 0 Å². The Morgan fingerprint density at radius 1 is 0.558 bits per heavy atom. The minimum atomic E-state index is 0.569. The SMILES string of the molecule is C=C/C=C\c1sc2cccc(-c3cccc(-c4nc(-n5c6ccccc6c6ccccc65)nc(-n5c6ccccc6c6ccccc65)n4)c3)c2c1C. The van der Waals surface area contributed by atoms with Crippen LogP contribution in [0.3, 0.4) is 0 Å². The first-order valence-corrected chi connectivity index (χ1v) is 18.1. The number of benzene rings is 6. The smallest absolute Gasteiger partial charge is 0.240 e. The van der Waals surface area contributed by atoms with Crippen LogP contribution >= 0.6 is 11.3 Å². The van der Waals surface area contributed by atoms with Gasteiger partial charge in [-0.15, -0.1) is 11.3 Å². The van der Waals surface area contributed by atoms with E-state index < -0.39 is 0 Å². The zero-order valence-electron chi connectivity index (χ0n) is 28.4. The van der Waals surface area contributed by atoms with E-state index in [4.69, 9.17) is 15.0 Å². The zero-order chi connectivity index (χ0) is 34.8. The molecule has 0 saturated heterocycles. The summed E-state index contributed by atoms with van der Waals surface area (Å²) in [6.07, 6.45) is 5.97. The third-order valence-corrected chi connectivity index (χ3v) is 11.2. The number of hydrogen-bond acceptors (Lipinski definition) is 4. The standard InChI is InChI=1S/C46H31N5S/c1-3-4-26-41-29(2)43-32(21-14-27-42(43)52-41)30-15-13-16-31(28-30)44-47-45(50-37-22-9-5-17-33(37)34-18-6-10-23-38(34)50)49-46(48-44)51-39-24-11-7-19-35(39)36-20-8-12-25-40(36)51/h3-28H,1H2,2H3/b26-4-. The van der Waals surface area contributed by atoms with E-state index in [0.717, 1.165) is 54.7 Å². The number of aromatic nitrogens is 5. The van der Waals surface area contributed by atoms with Gasteiger partial charge in [-0.3, -0.25) is 9.13 Å². The third-order valence-electron chi connectivity index (χ3n) is 9.98. The highest BCUT2D eigenvalue weighted by Crippen LogP contribution is 2.40. The molecule has 6 aromatic carbocycles. The molecule has 0 aliphatic carbocycles. The number of rotatable bonds is 6. The summed E-state index contributed by atoms with van der Waals surface area (Å²) < 4.78 is 5.60. The molecule has 0 unspecified atom stereocenters. The van der Waals surface area contributed by atoms with Crippen molar-refractivity contribution in [3.8, 4) is 34.4 Å². The predicted molar refractivity (Wildman–Crippen MR) is 219 cm³/mol. The third kappa shape index (κ3) is 4.65. The summed E-state index contributed by atoms with van der Waals surface area (Å²) >= 11 is 1.80. The molecule has 0 bridgehead atoms. The Morgan fingerprint density at radius 2 is 1.06 bits per heavy atom. The molecule has 0 atom stereocenters. The number of fused-ring (bicyclic) bond motifs is 7. The molecule has 0 saturated carbocycles. The molecule has 0 fully saturated rings. The first-order valence-electron chi connectivity index (χ1n) is 17.3. The van der Waals surface area contributed by atoms with Crippen LogP contribution in [-0.4, -0.2) is 24.1 Å². The number of thiophene rings is 1. The fourth-order valence-corrected chi connectivity index (χ4v) is 8.81. The van der Waals surface area contributed by atoms with Gasteiger partial charge in [0.15, 0.2) is 5.82 Å². The molecule has 10 rings (SSSR count). The monoisotopic (exact) mass is 685 g/mol. The van der Waals surface area contributed by atoms with Gasteiger partial charge in [0, 0.05) is 42.1 Å². The molecule has 0 radical (unpaired) electrons. The summed E-state index contributed by atoms with van der Waals surface area (Å²) in [5, 5.41) is 5.88. The van der Waals surface area contributed by atoms with Crippen molar-refractivity contribution in [2.45, 2.75) is 6.92 Å². The van der Waals surface area contributed by atoms with Crippen LogP contribution in [0.1, 0.15) is 10.4 Å². The van der Waals surface area contributed by atoms with Crippen LogP contribution in [-0.2, 0) is 0 Å². The number of aryl methyl sites for hydroxylation is 1. The average molecular weight is 686 g/mol. The summed E-state index contributed by atoms with van der Waals surface area (Å²) in [4.78, 5) is 17.1. The van der Waals surface area contributed by atoms with Gasteiger partial charge in [0.1, 0.15) is 0 Å². The first kappa shape index (κ1) is 30.2. The highest BCUT2D eigenvalue weighted by molar-refractivity contribution is 7.20. The molecule has 246 valence electrons. The van der Waals surface area contributed by atoms with E-state index in [2.05, 4.69) is 168 Å². The van der Waals surface area contributed by atoms with Gasteiger partial charge < -0.3 is 0 Å². The minimum Gasteiger partial charge on any atom is -0.278 e. The molecule has 0 amide bonds. The van der Waals surface area contributed by atoms with Crippen LogP contribution in [0, 0.1) is 6.92 Å². The molecule has 0 N–H and O–H groups in total. The number of para-hydroxylation sites is 4. The first-order chi connectivity index (χ1) is 25.7.